The Morgan fingerprint density at radius 2 is 2.16 bits per heavy atom. The molecule has 2 rings (SSSR count). The molecule has 0 spiro atoms. The highest BCUT2D eigenvalue weighted by atomic mass is 32.2. The molecule has 4 nitrogen and oxygen atoms in total. The zero-order chi connectivity index (χ0) is 14.0. The third-order valence-electron chi connectivity index (χ3n) is 2.55. The minimum absolute atomic E-state index is 0.140. The summed E-state index contributed by atoms with van der Waals surface area (Å²) in [5.74, 6) is 0. The number of benzene rings is 1. The summed E-state index contributed by atoms with van der Waals surface area (Å²) in [6, 6.07) is 7.03. The van der Waals surface area contributed by atoms with Crippen molar-refractivity contribution in [1.29, 1.82) is 0 Å². The van der Waals surface area contributed by atoms with E-state index < -0.39 is 9.84 Å². The molecule has 1 heterocycles. The van der Waals surface area contributed by atoms with Crippen molar-refractivity contribution in [2.24, 2.45) is 0 Å². The zero-order valence-electron chi connectivity index (χ0n) is 10.5. The normalized spacial score (nSPS) is 13.4. The number of aromatic nitrogens is 1. The van der Waals surface area contributed by atoms with Gasteiger partial charge in [0, 0.05) is 11.5 Å². The Morgan fingerprint density at radius 3 is 2.74 bits per heavy atom. The van der Waals surface area contributed by atoms with Crippen molar-refractivity contribution in [3.63, 3.8) is 0 Å². The van der Waals surface area contributed by atoms with Crippen LogP contribution in [-0.2, 0) is 9.84 Å². The van der Waals surface area contributed by atoms with Crippen molar-refractivity contribution in [3.8, 4) is 0 Å². The topological polar surface area (TPSA) is 73.0 Å². The molecule has 0 amide bonds. The number of anilines is 1. The lowest BCUT2D eigenvalue weighted by Crippen LogP contribution is -1.98. The lowest BCUT2D eigenvalue weighted by atomic mass is 10.2. The van der Waals surface area contributed by atoms with Gasteiger partial charge in [0.25, 0.3) is 0 Å². The number of nitrogens with zero attached hydrogens (tertiary/aromatic N) is 1. The van der Waals surface area contributed by atoms with Gasteiger partial charge in [-0.3, -0.25) is 0 Å². The summed E-state index contributed by atoms with van der Waals surface area (Å²) in [4.78, 5) is 4.35. The van der Waals surface area contributed by atoms with Crippen molar-refractivity contribution < 1.29 is 8.42 Å². The molecule has 102 valence electrons. The number of thioether (sulfide) groups is 1. The monoisotopic (exact) mass is 314 g/mol. The van der Waals surface area contributed by atoms with Crippen LogP contribution in [0.25, 0.3) is 0 Å². The van der Waals surface area contributed by atoms with Gasteiger partial charge < -0.3 is 5.73 Å². The lowest BCUT2D eigenvalue weighted by molar-refractivity contribution is 0.601. The van der Waals surface area contributed by atoms with Gasteiger partial charge in [-0.15, -0.1) is 11.8 Å². The Kier molecular flexibility index (Phi) is 4.17. The Balaban J connectivity index is 2.22. The molecule has 2 N–H and O–H groups in total. The molecule has 0 aliphatic rings. The van der Waals surface area contributed by atoms with E-state index in [0.717, 1.165) is 9.77 Å². The number of hydrogen-bond acceptors (Lipinski definition) is 6. The van der Waals surface area contributed by atoms with Gasteiger partial charge in [0.05, 0.1) is 15.3 Å². The summed E-state index contributed by atoms with van der Waals surface area (Å²) >= 11 is 3.05. The maximum atomic E-state index is 11.5. The van der Waals surface area contributed by atoms with Crippen molar-refractivity contribution >= 4 is 38.1 Å². The van der Waals surface area contributed by atoms with Crippen molar-refractivity contribution in [2.75, 3.05) is 12.0 Å². The average molecular weight is 314 g/mol. The number of hydrogen-bond donors (Lipinski definition) is 1. The molecule has 0 saturated heterocycles. The summed E-state index contributed by atoms with van der Waals surface area (Å²) < 4.78 is 24.1. The van der Waals surface area contributed by atoms with Gasteiger partial charge in [0.1, 0.15) is 0 Å². The van der Waals surface area contributed by atoms with Crippen molar-refractivity contribution in [2.45, 2.75) is 21.3 Å². The first-order chi connectivity index (χ1) is 8.86. The molecule has 0 saturated carbocycles. The van der Waals surface area contributed by atoms with Crippen molar-refractivity contribution in [1.82, 2.24) is 4.98 Å². The first-order valence-corrected chi connectivity index (χ1v) is 9.13. The lowest BCUT2D eigenvalue weighted by Gasteiger charge is -2.11. The summed E-state index contributed by atoms with van der Waals surface area (Å²) in [5.41, 5.74) is 6.56. The van der Waals surface area contributed by atoms with Crippen LogP contribution in [0.4, 0.5) is 5.13 Å². The Bertz CT molecular complexity index is 680. The maximum absolute atomic E-state index is 11.5. The fourth-order valence-corrected chi connectivity index (χ4v) is 4.29. The molecule has 7 heteroatoms. The quantitative estimate of drug-likeness (QED) is 0.878. The Hall–Kier alpha value is -1.05. The second-order valence-electron chi connectivity index (χ2n) is 4.12. The van der Waals surface area contributed by atoms with Crippen LogP contribution >= 0.6 is 23.1 Å². The molecule has 0 radical (unpaired) electrons. The number of rotatable bonds is 4. The summed E-state index contributed by atoms with van der Waals surface area (Å²) in [7, 11) is -3.17. The average Bonchev–Trinajstić information content (AvgIpc) is 2.74. The van der Waals surface area contributed by atoms with Gasteiger partial charge in [-0.25, -0.2) is 13.4 Å². The second-order valence-corrected chi connectivity index (χ2v) is 8.84. The van der Waals surface area contributed by atoms with Crippen LogP contribution in [0.5, 0.6) is 0 Å². The van der Waals surface area contributed by atoms with Crippen LogP contribution in [-0.4, -0.2) is 19.7 Å². The first kappa shape index (κ1) is 14.4. The van der Waals surface area contributed by atoms with E-state index in [0.29, 0.717) is 10.0 Å². The number of nitrogen functional groups attached to an aromatic ring is 1. The van der Waals surface area contributed by atoms with E-state index >= 15 is 0 Å². The van der Waals surface area contributed by atoms with Crippen molar-refractivity contribution in [3.05, 3.63) is 36.0 Å². The largest absolute Gasteiger partial charge is 0.375 e. The van der Waals surface area contributed by atoms with Crippen LogP contribution in [0.1, 0.15) is 17.7 Å². The fourth-order valence-electron chi connectivity index (χ4n) is 1.57. The van der Waals surface area contributed by atoms with E-state index in [4.69, 9.17) is 5.73 Å². The fraction of sp³-hybridized carbons (Fsp3) is 0.250. The van der Waals surface area contributed by atoms with Gasteiger partial charge in [-0.2, -0.15) is 0 Å². The molecule has 0 fully saturated rings. The van der Waals surface area contributed by atoms with Gasteiger partial charge >= 0.3 is 0 Å². The molecular weight excluding hydrogens is 300 g/mol. The highest BCUT2D eigenvalue weighted by molar-refractivity contribution is 8.01. The zero-order valence-corrected chi connectivity index (χ0v) is 13.0. The van der Waals surface area contributed by atoms with E-state index in [1.54, 1.807) is 36.2 Å². The molecule has 1 atom stereocenters. The van der Waals surface area contributed by atoms with Crippen LogP contribution in [0.3, 0.4) is 0 Å². The molecule has 19 heavy (non-hydrogen) atoms. The smallest absolute Gasteiger partial charge is 0.181 e. The second kappa shape index (κ2) is 5.52. The molecular formula is C12H14N2O2S3. The van der Waals surface area contributed by atoms with Crippen LogP contribution in [0, 0.1) is 0 Å². The maximum Gasteiger partial charge on any atom is 0.181 e. The van der Waals surface area contributed by atoms with Crippen LogP contribution in [0.2, 0.25) is 0 Å². The molecule has 1 aromatic heterocycles. The van der Waals surface area contributed by atoms with Crippen LogP contribution in [0.15, 0.2) is 39.6 Å². The highest BCUT2D eigenvalue weighted by Crippen LogP contribution is 2.38. The highest BCUT2D eigenvalue weighted by Gasteiger charge is 2.13. The SMILES string of the molecule is C[C@H](Sc1cnc(N)s1)c1cccc(S(C)(=O)=O)c1. The third-order valence-corrected chi connectivity index (χ3v) is 5.78. The predicted octanol–water partition coefficient (Wildman–Crippen LogP) is 2.98. The molecule has 0 aliphatic heterocycles. The van der Waals surface area contributed by atoms with Crippen LogP contribution < -0.4 is 5.73 Å². The van der Waals surface area contributed by atoms with Gasteiger partial charge in [0.15, 0.2) is 15.0 Å². The number of nitrogens with two attached hydrogens (primary N) is 1. The molecule has 0 unspecified atom stereocenters. The molecule has 2 aromatic rings. The van der Waals surface area contributed by atoms with E-state index in [-0.39, 0.29) is 5.25 Å². The van der Waals surface area contributed by atoms with Gasteiger partial charge in [-0.1, -0.05) is 23.5 Å². The number of sulfone groups is 1. The Labute approximate surface area is 121 Å². The summed E-state index contributed by atoms with van der Waals surface area (Å²) in [5, 5.41) is 0.682. The minimum Gasteiger partial charge on any atom is -0.375 e. The molecule has 1 aromatic carbocycles. The summed E-state index contributed by atoms with van der Waals surface area (Å²) in [6.07, 6.45) is 2.95. The van der Waals surface area contributed by atoms with E-state index in [1.165, 1.54) is 17.6 Å². The van der Waals surface area contributed by atoms with Gasteiger partial charge in [0.2, 0.25) is 0 Å². The van der Waals surface area contributed by atoms with E-state index in [1.807, 2.05) is 13.0 Å². The minimum atomic E-state index is -3.17. The number of thiazole rings is 1. The van der Waals surface area contributed by atoms with E-state index in [9.17, 15) is 8.42 Å². The summed E-state index contributed by atoms with van der Waals surface area (Å²) in [6.45, 7) is 2.03. The molecule has 0 bridgehead atoms. The first-order valence-electron chi connectivity index (χ1n) is 5.54. The Morgan fingerprint density at radius 1 is 1.42 bits per heavy atom. The third kappa shape index (κ3) is 3.71. The van der Waals surface area contributed by atoms with E-state index in [2.05, 4.69) is 4.98 Å². The predicted molar refractivity (Wildman–Crippen MR) is 80.4 cm³/mol. The standard InChI is InChI=1S/C12H14N2O2S3/c1-8(17-11-7-14-12(13)18-11)9-4-3-5-10(6-9)19(2,15)16/h3-8H,1-2H3,(H2,13,14)/t8-/m0/s1. The molecule has 0 aliphatic carbocycles. The van der Waals surface area contributed by atoms with Gasteiger partial charge in [-0.05, 0) is 24.6 Å².